The molecule has 0 aromatic rings. The summed E-state index contributed by atoms with van der Waals surface area (Å²) in [5, 5.41) is 12.6. The molecule has 1 atom stereocenters. The summed E-state index contributed by atoms with van der Waals surface area (Å²) in [7, 11) is 1.58. The van der Waals surface area contributed by atoms with Crippen molar-refractivity contribution in [2.45, 2.75) is 51.4 Å². The van der Waals surface area contributed by atoms with Crippen molar-refractivity contribution in [3.05, 3.63) is 0 Å². The molecule has 0 saturated carbocycles. The molecule has 118 valence electrons. The second kappa shape index (κ2) is 7.81. The second-order valence-electron chi connectivity index (χ2n) is 6.33. The Morgan fingerprint density at radius 3 is 2.50 bits per heavy atom. The molecule has 0 aromatic carbocycles. The number of aliphatic hydroxyl groups excluding tert-OH is 1. The van der Waals surface area contributed by atoms with E-state index in [2.05, 4.69) is 10.2 Å². The van der Waals surface area contributed by atoms with E-state index in [0.717, 1.165) is 25.9 Å². The van der Waals surface area contributed by atoms with E-state index in [9.17, 15) is 9.90 Å². The van der Waals surface area contributed by atoms with Crippen molar-refractivity contribution in [1.82, 2.24) is 10.2 Å². The van der Waals surface area contributed by atoms with E-state index in [1.807, 2.05) is 20.8 Å². The zero-order valence-electron chi connectivity index (χ0n) is 13.0. The van der Waals surface area contributed by atoms with Gasteiger partial charge in [0, 0.05) is 32.8 Å². The molecule has 0 radical (unpaired) electrons. The molecule has 1 heterocycles. The summed E-state index contributed by atoms with van der Waals surface area (Å²) in [5.74, 6) is 0. The van der Waals surface area contributed by atoms with Gasteiger partial charge in [-0.25, -0.2) is 4.79 Å². The van der Waals surface area contributed by atoms with Gasteiger partial charge in [-0.05, 0) is 33.6 Å². The molecule has 1 fully saturated rings. The summed E-state index contributed by atoms with van der Waals surface area (Å²) in [6, 6.07) is 0.153. The van der Waals surface area contributed by atoms with Crippen LogP contribution in [0.4, 0.5) is 4.79 Å². The number of carbonyl (C=O) groups is 1. The highest BCUT2D eigenvalue weighted by Crippen LogP contribution is 2.12. The topological polar surface area (TPSA) is 71.0 Å². The van der Waals surface area contributed by atoms with E-state index >= 15 is 0 Å². The number of hydrogen-bond donors (Lipinski definition) is 2. The van der Waals surface area contributed by atoms with Gasteiger partial charge in [0.15, 0.2) is 0 Å². The summed E-state index contributed by atoms with van der Waals surface area (Å²) in [6.07, 6.45) is 0.948. The van der Waals surface area contributed by atoms with Crippen molar-refractivity contribution < 1.29 is 19.4 Å². The molecule has 1 amide bonds. The fourth-order valence-electron chi connectivity index (χ4n) is 2.28. The molecule has 6 heteroatoms. The molecule has 1 aliphatic rings. The standard InChI is InChI=1S/C14H28N2O4/c1-14(2,3)20-13(18)15-11-5-7-16(8-6-11)9-12(17)10-19-4/h11-12,17H,5-10H2,1-4H3,(H,15,18)/t12-/m0/s1. The first-order chi connectivity index (χ1) is 9.30. The predicted molar refractivity (Wildman–Crippen MR) is 76.7 cm³/mol. The Labute approximate surface area is 121 Å². The predicted octanol–water partition coefficient (Wildman–Crippen LogP) is 0.983. The van der Waals surface area contributed by atoms with E-state index < -0.39 is 11.7 Å². The Kier molecular flexibility index (Phi) is 6.71. The highest BCUT2D eigenvalue weighted by atomic mass is 16.6. The maximum absolute atomic E-state index is 11.7. The van der Waals surface area contributed by atoms with Crippen LogP contribution in [0.5, 0.6) is 0 Å². The summed E-state index contributed by atoms with van der Waals surface area (Å²) in [6.45, 7) is 8.26. The number of carbonyl (C=O) groups excluding carboxylic acids is 1. The van der Waals surface area contributed by atoms with E-state index in [1.165, 1.54) is 0 Å². The summed E-state index contributed by atoms with van der Waals surface area (Å²) >= 11 is 0. The lowest BCUT2D eigenvalue weighted by atomic mass is 10.0. The van der Waals surface area contributed by atoms with Crippen LogP contribution >= 0.6 is 0 Å². The second-order valence-corrected chi connectivity index (χ2v) is 6.33. The first kappa shape index (κ1) is 17.2. The Morgan fingerprint density at radius 2 is 2.00 bits per heavy atom. The smallest absolute Gasteiger partial charge is 0.407 e. The average molecular weight is 288 g/mol. The zero-order valence-corrected chi connectivity index (χ0v) is 13.0. The van der Waals surface area contributed by atoms with Gasteiger partial charge in [0.25, 0.3) is 0 Å². The molecular formula is C14H28N2O4. The minimum atomic E-state index is -0.463. The number of nitrogens with one attached hydrogen (secondary N) is 1. The SMILES string of the molecule is COC[C@@H](O)CN1CCC(NC(=O)OC(C)(C)C)CC1. The number of amides is 1. The number of alkyl carbamates (subject to hydrolysis) is 1. The highest BCUT2D eigenvalue weighted by Gasteiger charge is 2.24. The molecule has 1 rings (SSSR count). The molecule has 0 aromatic heterocycles. The molecular weight excluding hydrogens is 260 g/mol. The lowest BCUT2D eigenvalue weighted by Gasteiger charge is -2.33. The van der Waals surface area contributed by atoms with Gasteiger partial charge in [0.2, 0.25) is 0 Å². The van der Waals surface area contributed by atoms with Crippen LogP contribution in [0.15, 0.2) is 0 Å². The molecule has 0 unspecified atom stereocenters. The Hall–Kier alpha value is -0.850. The average Bonchev–Trinajstić information content (AvgIpc) is 2.29. The van der Waals surface area contributed by atoms with Crippen molar-refractivity contribution in [3.8, 4) is 0 Å². The number of likely N-dealkylation sites (tertiary alicyclic amines) is 1. The quantitative estimate of drug-likeness (QED) is 0.789. The summed E-state index contributed by atoms with van der Waals surface area (Å²) < 4.78 is 10.2. The van der Waals surface area contributed by atoms with Crippen LogP contribution in [0, 0.1) is 0 Å². The van der Waals surface area contributed by atoms with Crippen LogP contribution < -0.4 is 5.32 Å². The number of aliphatic hydroxyl groups is 1. The first-order valence-electron chi connectivity index (χ1n) is 7.19. The van der Waals surface area contributed by atoms with E-state index in [0.29, 0.717) is 13.2 Å². The van der Waals surface area contributed by atoms with Crippen LogP contribution in [-0.2, 0) is 9.47 Å². The summed E-state index contributed by atoms with van der Waals surface area (Å²) in [4.78, 5) is 13.9. The van der Waals surface area contributed by atoms with Gasteiger partial charge in [0.1, 0.15) is 5.60 Å². The van der Waals surface area contributed by atoms with Crippen molar-refractivity contribution in [3.63, 3.8) is 0 Å². The van der Waals surface area contributed by atoms with Crippen LogP contribution in [0.2, 0.25) is 0 Å². The van der Waals surface area contributed by atoms with Crippen LogP contribution in [0.25, 0.3) is 0 Å². The molecule has 0 spiro atoms. The highest BCUT2D eigenvalue weighted by molar-refractivity contribution is 5.68. The van der Waals surface area contributed by atoms with E-state index in [4.69, 9.17) is 9.47 Å². The van der Waals surface area contributed by atoms with Gasteiger partial charge in [-0.15, -0.1) is 0 Å². The van der Waals surface area contributed by atoms with Crippen molar-refractivity contribution in [2.24, 2.45) is 0 Å². The maximum atomic E-state index is 11.7. The number of ether oxygens (including phenoxy) is 2. The van der Waals surface area contributed by atoms with Gasteiger partial charge >= 0.3 is 6.09 Å². The van der Waals surface area contributed by atoms with Crippen molar-refractivity contribution >= 4 is 6.09 Å². The Balaban J connectivity index is 2.23. The molecule has 1 saturated heterocycles. The van der Waals surface area contributed by atoms with Crippen molar-refractivity contribution in [1.29, 1.82) is 0 Å². The monoisotopic (exact) mass is 288 g/mol. The van der Waals surface area contributed by atoms with Gasteiger partial charge in [-0.3, -0.25) is 0 Å². The molecule has 2 N–H and O–H groups in total. The summed E-state index contributed by atoms with van der Waals surface area (Å²) in [5.41, 5.74) is -0.463. The first-order valence-corrected chi connectivity index (χ1v) is 7.19. The number of piperidine rings is 1. The molecule has 0 bridgehead atoms. The number of rotatable bonds is 5. The number of nitrogens with zero attached hydrogens (tertiary/aromatic N) is 1. The van der Waals surface area contributed by atoms with Crippen LogP contribution in [0.3, 0.4) is 0 Å². The van der Waals surface area contributed by atoms with Gasteiger partial charge in [0.05, 0.1) is 12.7 Å². The van der Waals surface area contributed by atoms with Crippen molar-refractivity contribution in [2.75, 3.05) is 33.4 Å². The van der Waals surface area contributed by atoms with Gasteiger partial charge < -0.3 is 24.8 Å². The molecule has 6 nitrogen and oxygen atoms in total. The molecule has 0 aliphatic carbocycles. The molecule has 1 aliphatic heterocycles. The number of methoxy groups -OCH3 is 1. The lowest BCUT2D eigenvalue weighted by molar-refractivity contribution is 0.0279. The minimum Gasteiger partial charge on any atom is -0.444 e. The third-order valence-corrected chi connectivity index (χ3v) is 3.14. The fraction of sp³-hybridized carbons (Fsp3) is 0.929. The van der Waals surface area contributed by atoms with Crippen LogP contribution in [-0.4, -0.2) is 67.2 Å². The third-order valence-electron chi connectivity index (χ3n) is 3.14. The fourth-order valence-corrected chi connectivity index (χ4v) is 2.28. The number of β-amino-alcohol motifs (C(OH)–C–C–N with tert-alkyl or cyclic N) is 1. The van der Waals surface area contributed by atoms with E-state index in [-0.39, 0.29) is 12.1 Å². The van der Waals surface area contributed by atoms with E-state index in [1.54, 1.807) is 7.11 Å². The number of hydrogen-bond acceptors (Lipinski definition) is 5. The minimum absolute atomic E-state index is 0.153. The maximum Gasteiger partial charge on any atom is 0.407 e. The van der Waals surface area contributed by atoms with Gasteiger partial charge in [-0.1, -0.05) is 0 Å². The normalized spacial score (nSPS) is 19.6. The largest absolute Gasteiger partial charge is 0.444 e. The van der Waals surface area contributed by atoms with Crippen LogP contribution in [0.1, 0.15) is 33.6 Å². The lowest BCUT2D eigenvalue weighted by Crippen LogP contribution is -2.47. The zero-order chi connectivity index (χ0) is 15.2. The Bertz CT molecular complexity index is 296. The Morgan fingerprint density at radius 1 is 1.40 bits per heavy atom. The molecule has 20 heavy (non-hydrogen) atoms. The third kappa shape index (κ3) is 7.07. The van der Waals surface area contributed by atoms with Gasteiger partial charge in [-0.2, -0.15) is 0 Å².